The van der Waals surface area contributed by atoms with Crippen LogP contribution < -0.4 is 5.32 Å². The predicted molar refractivity (Wildman–Crippen MR) is 72.0 cm³/mol. The number of carboxylic acid groups (broad SMARTS) is 1. The fourth-order valence-corrected chi connectivity index (χ4v) is 3.30. The van der Waals surface area contributed by atoms with E-state index in [0.717, 1.165) is 19.3 Å². The molecular formula is C13H18N2O3S. The normalized spacial score (nSPS) is 21.3. The van der Waals surface area contributed by atoms with Gasteiger partial charge in [0, 0.05) is 11.3 Å². The number of nitrogens with zero attached hydrogens (tertiary/aromatic N) is 1. The molecule has 5 nitrogen and oxygen atoms in total. The molecule has 1 aliphatic rings. The van der Waals surface area contributed by atoms with Crippen molar-refractivity contribution >= 4 is 23.2 Å². The van der Waals surface area contributed by atoms with Crippen molar-refractivity contribution < 1.29 is 14.7 Å². The van der Waals surface area contributed by atoms with Crippen LogP contribution in [0.2, 0.25) is 0 Å². The third-order valence-corrected chi connectivity index (χ3v) is 4.61. The summed E-state index contributed by atoms with van der Waals surface area (Å²) >= 11 is 1.26. The first-order valence-electron chi connectivity index (χ1n) is 6.35. The van der Waals surface area contributed by atoms with Gasteiger partial charge in [-0.15, -0.1) is 11.3 Å². The van der Waals surface area contributed by atoms with Gasteiger partial charge in [0.15, 0.2) is 5.69 Å². The van der Waals surface area contributed by atoms with Crippen molar-refractivity contribution in [3.8, 4) is 0 Å². The molecule has 0 aliphatic heterocycles. The number of nitrogens with one attached hydrogen (secondary N) is 1. The summed E-state index contributed by atoms with van der Waals surface area (Å²) in [5.74, 6) is -0.938. The second kappa shape index (κ2) is 5.28. The van der Waals surface area contributed by atoms with Crippen LogP contribution in [0.3, 0.4) is 0 Å². The summed E-state index contributed by atoms with van der Waals surface area (Å²) < 4.78 is 0. The highest BCUT2D eigenvalue weighted by molar-refractivity contribution is 7.09. The lowest BCUT2D eigenvalue weighted by Crippen LogP contribution is -2.35. The Balaban J connectivity index is 1.91. The van der Waals surface area contributed by atoms with Gasteiger partial charge in [-0.2, -0.15) is 0 Å². The summed E-state index contributed by atoms with van der Waals surface area (Å²) in [4.78, 5) is 26.8. The van der Waals surface area contributed by atoms with Crippen LogP contribution in [-0.4, -0.2) is 22.0 Å². The zero-order valence-electron chi connectivity index (χ0n) is 11.1. The van der Waals surface area contributed by atoms with Crippen LogP contribution in [0.4, 0.5) is 0 Å². The van der Waals surface area contributed by atoms with Crippen LogP contribution in [0.25, 0.3) is 0 Å². The number of hydrogen-bond acceptors (Lipinski definition) is 4. The van der Waals surface area contributed by atoms with Gasteiger partial charge in [-0.1, -0.05) is 20.3 Å². The smallest absolute Gasteiger partial charge is 0.355 e. The number of carbonyl (C=O) groups excluding carboxylic acids is 1. The Bertz CT molecular complexity index is 496. The number of carboxylic acids is 1. The van der Waals surface area contributed by atoms with Gasteiger partial charge in [0.05, 0.1) is 6.54 Å². The van der Waals surface area contributed by atoms with Gasteiger partial charge in [0.2, 0.25) is 5.91 Å². The van der Waals surface area contributed by atoms with Crippen LogP contribution in [0.15, 0.2) is 5.38 Å². The van der Waals surface area contributed by atoms with Crippen molar-refractivity contribution in [1.29, 1.82) is 0 Å². The zero-order valence-corrected chi connectivity index (χ0v) is 11.9. The van der Waals surface area contributed by atoms with E-state index in [-0.39, 0.29) is 22.9 Å². The van der Waals surface area contributed by atoms with Gasteiger partial charge in [-0.3, -0.25) is 4.79 Å². The van der Waals surface area contributed by atoms with E-state index in [2.05, 4.69) is 24.1 Å². The SMILES string of the molecule is CC1(C)CCCC1C(=O)NCc1nc(C(=O)O)cs1. The van der Waals surface area contributed by atoms with Gasteiger partial charge in [0.1, 0.15) is 5.01 Å². The number of thiazole rings is 1. The first-order chi connectivity index (χ1) is 8.90. The van der Waals surface area contributed by atoms with Crippen molar-refractivity contribution in [2.24, 2.45) is 11.3 Å². The summed E-state index contributed by atoms with van der Waals surface area (Å²) in [6.07, 6.45) is 3.09. The van der Waals surface area contributed by atoms with Gasteiger partial charge in [-0.05, 0) is 18.3 Å². The molecule has 1 amide bonds. The monoisotopic (exact) mass is 282 g/mol. The number of carbonyl (C=O) groups is 2. The molecule has 2 rings (SSSR count). The number of rotatable bonds is 4. The minimum atomic E-state index is -1.04. The second-order valence-electron chi connectivity index (χ2n) is 5.58. The van der Waals surface area contributed by atoms with E-state index in [1.165, 1.54) is 16.7 Å². The maximum absolute atomic E-state index is 12.1. The average molecular weight is 282 g/mol. The lowest BCUT2D eigenvalue weighted by molar-refractivity contribution is -0.127. The number of hydrogen-bond donors (Lipinski definition) is 2. The Labute approximate surface area is 116 Å². The van der Waals surface area contributed by atoms with Crippen LogP contribution in [0.5, 0.6) is 0 Å². The molecule has 1 fully saturated rings. The molecule has 1 atom stereocenters. The van der Waals surface area contributed by atoms with Crippen molar-refractivity contribution in [1.82, 2.24) is 10.3 Å². The van der Waals surface area contributed by atoms with Crippen LogP contribution in [-0.2, 0) is 11.3 Å². The van der Waals surface area contributed by atoms with E-state index in [1.54, 1.807) is 0 Å². The molecule has 19 heavy (non-hydrogen) atoms. The Morgan fingerprint density at radius 1 is 1.58 bits per heavy atom. The minimum Gasteiger partial charge on any atom is -0.476 e. The topological polar surface area (TPSA) is 79.3 Å². The van der Waals surface area contributed by atoms with E-state index in [1.807, 2.05) is 0 Å². The summed E-state index contributed by atoms with van der Waals surface area (Å²) in [6.45, 7) is 4.55. The molecule has 0 bridgehead atoms. The van der Waals surface area contributed by atoms with E-state index >= 15 is 0 Å². The Kier molecular flexibility index (Phi) is 3.89. The summed E-state index contributed by atoms with van der Waals surface area (Å²) in [7, 11) is 0. The molecule has 1 heterocycles. The quantitative estimate of drug-likeness (QED) is 0.888. The van der Waals surface area contributed by atoms with Crippen molar-refractivity contribution in [2.45, 2.75) is 39.7 Å². The standard InChI is InChI=1S/C13H18N2O3S/c1-13(2)5-3-4-8(13)11(16)14-6-10-15-9(7-19-10)12(17)18/h7-8H,3-6H2,1-2H3,(H,14,16)(H,17,18). The van der Waals surface area contributed by atoms with Crippen LogP contribution in [0, 0.1) is 11.3 Å². The number of aromatic carboxylic acids is 1. The van der Waals surface area contributed by atoms with Crippen LogP contribution in [0.1, 0.15) is 48.6 Å². The molecule has 6 heteroatoms. The molecule has 1 aromatic rings. The van der Waals surface area contributed by atoms with E-state index in [4.69, 9.17) is 5.11 Å². The fourth-order valence-electron chi connectivity index (χ4n) is 2.59. The van der Waals surface area contributed by atoms with Crippen molar-refractivity contribution in [3.05, 3.63) is 16.1 Å². The molecular weight excluding hydrogens is 264 g/mol. The molecule has 104 valence electrons. The molecule has 0 aromatic carbocycles. The van der Waals surface area contributed by atoms with Gasteiger partial charge >= 0.3 is 5.97 Å². The Morgan fingerprint density at radius 2 is 2.32 bits per heavy atom. The molecule has 0 saturated heterocycles. The maximum atomic E-state index is 12.1. The third kappa shape index (κ3) is 3.12. The second-order valence-corrected chi connectivity index (χ2v) is 6.53. The average Bonchev–Trinajstić information content (AvgIpc) is 2.92. The highest BCUT2D eigenvalue weighted by atomic mass is 32.1. The minimum absolute atomic E-state index is 0.0374. The molecule has 1 saturated carbocycles. The summed E-state index contributed by atoms with van der Waals surface area (Å²) in [6, 6.07) is 0. The third-order valence-electron chi connectivity index (χ3n) is 3.76. The lowest BCUT2D eigenvalue weighted by atomic mass is 9.81. The molecule has 1 aliphatic carbocycles. The number of amides is 1. The summed E-state index contributed by atoms with van der Waals surface area (Å²) in [5, 5.41) is 13.8. The van der Waals surface area contributed by atoms with E-state index < -0.39 is 5.97 Å². The molecule has 1 aromatic heterocycles. The zero-order chi connectivity index (χ0) is 14.0. The van der Waals surface area contributed by atoms with E-state index in [0.29, 0.717) is 11.6 Å². The molecule has 1 unspecified atom stereocenters. The Hall–Kier alpha value is -1.43. The fraction of sp³-hybridized carbons (Fsp3) is 0.615. The van der Waals surface area contributed by atoms with Crippen LogP contribution >= 0.6 is 11.3 Å². The van der Waals surface area contributed by atoms with Gasteiger partial charge in [0.25, 0.3) is 0 Å². The Morgan fingerprint density at radius 3 is 2.84 bits per heavy atom. The van der Waals surface area contributed by atoms with Gasteiger partial charge < -0.3 is 10.4 Å². The number of aromatic nitrogens is 1. The first-order valence-corrected chi connectivity index (χ1v) is 7.23. The highest BCUT2D eigenvalue weighted by Gasteiger charge is 2.39. The molecule has 2 N–H and O–H groups in total. The van der Waals surface area contributed by atoms with Gasteiger partial charge in [-0.25, -0.2) is 9.78 Å². The summed E-state index contributed by atoms with van der Waals surface area (Å²) in [5.41, 5.74) is 0.0922. The maximum Gasteiger partial charge on any atom is 0.355 e. The molecule has 0 radical (unpaired) electrons. The van der Waals surface area contributed by atoms with Crippen molar-refractivity contribution in [2.75, 3.05) is 0 Å². The lowest BCUT2D eigenvalue weighted by Gasteiger charge is -2.25. The highest BCUT2D eigenvalue weighted by Crippen LogP contribution is 2.42. The predicted octanol–water partition coefficient (Wildman–Crippen LogP) is 2.28. The van der Waals surface area contributed by atoms with Crippen molar-refractivity contribution in [3.63, 3.8) is 0 Å². The van der Waals surface area contributed by atoms with E-state index in [9.17, 15) is 9.59 Å². The molecule has 0 spiro atoms. The largest absolute Gasteiger partial charge is 0.476 e. The first kappa shape index (κ1) is 14.0.